The van der Waals surface area contributed by atoms with E-state index in [4.69, 9.17) is 10.00 Å². The normalized spacial score (nSPS) is 17.8. The SMILES string of the molecule is CC(C)(C)OC(=O)NC1CCCc2c(C#N)cccc21. The van der Waals surface area contributed by atoms with Gasteiger partial charge in [-0.2, -0.15) is 5.26 Å². The number of hydrogen-bond acceptors (Lipinski definition) is 3. The number of nitrogens with zero attached hydrogens (tertiary/aromatic N) is 1. The predicted octanol–water partition coefficient (Wildman–Crippen LogP) is 3.46. The van der Waals surface area contributed by atoms with E-state index in [1.54, 1.807) is 0 Å². The van der Waals surface area contributed by atoms with Crippen molar-refractivity contribution in [2.24, 2.45) is 0 Å². The fourth-order valence-corrected chi connectivity index (χ4v) is 2.55. The van der Waals surface area contributed by atoms with Crippen molar-refractivity contribution in [3.63, 3.8) is 0 Å². The standard InChI is InChI=1S/C16H20N2O2/c1-16(2,3)20-15(19)18-14-9-5-7-12-11(10-17)6-4-8-13(12)14/h4,6,8,14H,5,7,9H2,1-3H3,(H,18,19). The highest BCUT2D eigenvalue weighted by Gasteiger charge is 2.25. The van der Waals surface area contributed by atoms with Crippen molar-refractivity contribution >= 4 is 6.09 Å². The van der Waals surface area contributed by atoms with Crippen LogP contribution >= 0.6 is 0 Å². The van der Waals surface area contributed by atoms with E-state index in [1.165, 1.54) is 0 Å². The molecular formula is C16H20N2O2. The monoisotopic (exact) mass is 272 g/mol. The smallest absolute Gasteiger partial charge is 0.408 e. The summed E-state index contributed by atoms with van der Waals surface area (Å²) in [5.74, 6) is 0. The van der Waals surface area contributed by atoms with Gasteiger partial charge in [0.15, 0.2) is 0 Å². The lowest BCUT2D eigenvalue weighted by atomic mass is 9.85. The predicted molar refractivity (Wildman–Crippen MR) is 76.2 cm³/mol. The van der Waals surface area contributed by atoms with Crippen LogP contribution in [-0.2, 0) is 11.2 Å². The number of rotatable bonds is 1. The maximum Gasteiger partial charge on any atom is 0.408 e. The summed E-state index contributed by atoms with van der Waals surface area (Å²) >= 11 is 0. The number of fused-ring (bicyclic) bond motifs is 1. The number of nitriles is 1. The van der Waals surface area contributed by atoms with Gasteiger partial charge in [-0.05, 0) is 57.2 Å². The molecule has 4 heteroatoms. The molecular weight excluding hydrogens is 252 g/mol. The van der Waals surface area contributed by atoms with E-state index in [0.29, 0.717) is 5.56 Å². The summed E-state index contributed by atoms with van der Waals surface area (Å²) in [6, 6.07) is 7.83. The minimum Gasteiger partial charge on any atom is -0.444 e. The van der Waals surface area contributed by atoms with Gasteiger partial charge in [-0.15, -0.1) is 0 Å². The highest BCUT2D eigenvalue weighted by molar-refractivity contribution is 5.68. The van der Waals surface area contributed by atoms with Gasteiger partial charge in [0.05, 0.1) is 17.7 Å². The number of benzene rings is 1. The van der Waals surface area contributed by atoms with Gasteiger partial charge in [-0.3, -0.25) is 0 Å². The summed E-state index contributed by atoms with van der Waals surface area (Å²) in [4.78, 5) is 11.9. The second-order valence-electron chi connectivity index (χ2n) is 6.08. The molecule has 0 fully saturated rings. The number of hydrogen-bond donors (Lipinski definition) is 1. The van der Waals surface area contributed by atoms with Gasteiger partial charge in [-0.25, -0.2) is 4.79 Å². The van der Waals surface area contributed by atoms with Crippen molar-refractivity contribution in [3.05, 3.63) is 34.9 Å². The number of amides is 1. The van der Waals surface area contributed by atoms with E-state index < -0.39 is 11.7 Å². The first-order chi connectivity index (χ1) is 9.40. The van der Waals surface area contributed by atoms with Crippen LogP contribution in [0.15, 0.2) is 18.2 Å². The van der Waals surface area contributed by atoms with E-state index in [-0.39, 0.29) is 6.04 Å². The van der Waals surface area contributed by atoms with E-state index in [9.17, 15) is 4.79 Å². The number of carbonyl (C=O) groups is 1. The zero-order valence-electron chi connectivity index (χ0n) is 12.2. The van der Waals surface area contributed by atoms with Gasteiger partial charge < -0.3 is 10.1 Å². The number of nitrogens with one attached hydrogen (secondary N) is 1. The third kappa shape index (κ3) is 3.30. The zero-order chi connectivity index (χ0) is 14.8. The molecule has 2 rings (SSSR count). The molecule has 0 saturated carbocycles. The van der Waals surface area contributed by atoms with Crippen molar-refractivity contribution in [2.45, 2.75) is 51.7 Å². The van der Waals surface area contributed by atoms with Crippen molar-refractivity contribution in [1.82, 2.24) is 5.32 Å². The molecule has 1 amide bonds. The van der Waals surface area contributed by atoms with Gasteiger partial charge in [0, 0.05) is 0 Å². The van der Waals surface area contributed by atoms with Crippen LogP contribution in [0.3, 0.4) is 0 Å². The van der Waals surface area contributed by atoms with Gasteiger partial charge in [0.25, 0.3) is 0 Å². The van der Waals surface area contributed by atoms with E-state index >= 15 is 0 Å². The van der Waals surface area contributed by atoms with Gasteiger partial charge in [0.1, 0.15) is 5.60 Å². The maximum absolute atomic E-state index is 11.9. The Morgan fingerprint density at radius 1 is 1.45 bits per heavy atom. The molecule has 1 aliphatic carbocycles. The Balaban J connectivity index is 2.18. The van der Waals surface area contributed by atoms with Crippen molar-refractivity contribution in [3.8, 4) is 6.07 Å². The van der Waals surface area contributed by atoms with Gasteiger partial charge in [-0.1, -0.05) is 12.1 Å². The molecule has 0 spiro atoms. The van der Waals surface area contributed by atoms with Crippen molar-refractivity contribution in [1.29, 1.82) is 5.26 Å². The Kier molecular flexibility index (Phi) is 3.99. The molecule has 1 atom stereocenters. The minimum atomic E-state index is -0.504. The highest BCUT2D eigenvalue weighted by atomic mass is 16.6. The maximum atomic E-state index is 11.9. The van der Waals surface area contributed by atoms with Crippen LogP contribution in [0.5, 0.6) is 0 Å². The van der Waals surface area contributed by atoms with Crippen LogP contribution in [0, 0.1) is 11.3 Å². The molecule has 1 unspecified atom stereocenters. The Morgan fingerprint density at radius 2 is 2.20 bits per heavy atom. The molecule has 0 saturated heterocycles. The molecule has 1 aromatic carbocycles. The van der Waals surface area contributed by atoms with Crippen LogP contribution in [0.2, 0.25) is 0 Å². The lowest BCUT2D eigenvalue weighted by Gasteiger charge is -2.28. The van der Waals surface area contributed by atoms with Crippen LogP contribution in [-0.4, -0.2) is 11.7 Å². The average molecular weight is 272 g/mol. The molecule has 0 aliphatic heterocycles. The van der Waals surface area contributed by atoms with Gasteiger partial charge >= 0.3 is 6.09 Å². The van der Waals surface area contributed by atoms with Crippen molar-refractivity contribution in [2.75, 3.05) is 0 Å². The van der Waals surface area contributed by atoms with Crippen LogP contribution < -0.4 is 5.32 Å². The molecule has 0 bridgehead atoms. The lowest BCUT2D eigenvalue weighted by molar-refractivity contribution is 0.0498. The van der Waals surface area contributed by atoms with Crippen molar-refractivity contribution < 1.29 is 9.53 Å². The van der Waals surface area contributed by atoms with Crippen LogP contribution in [0.4, 0.5) is 4.79 Å². The zero-order valence-corrected chi connectivity index (χ0v) is 12.2. The molecule has 20 heavy (non-hydrogen) atoms. The topological polar surface area (TPSA) is 62.1 Å². The third-order valence-corrected chi connectivity index (χ3v) is 3.32. The van der Waals surface area contributed by atoms with Gasteiger partial charge in [0.2, 0.25) is 0 Å². The molecule has 106 valence electrons. The first-order valence-electron chi connectivity index (χ1n) is 6.92. The molecule has 1 aliphatic rings. The Hall–Kier alpha value is -2.02. The number of carbonyl (C=O) groups excluding carboxylic acids is 1. The number of ether oxygens (including phenoxy) is 1. The molecule has 1 aromatic rings. The third-order valence-electron chi connectivity index (χ3n) is 3.32. The van der Waals surface area contributed by atoms with E-state index in [0.717, 1.165) is 30.4 Å². The molecule has 0 radical (unpaired) electrons. The second kappa shape index (κ2) is 5.54. The summed E-state index contributed by atoms with van der Waals surface area (Å²) in [7, 11) is 0. The molecule has 1 N–H and O–H groups in total. The quantitative estimate of drug-likeness (QED) is 0.851. The molecule has 4 nitrogen and oxygen atoms in total. The summed E-state index contributed by atoms with van der Waals surface area (Å²) in [5.41, 5.74) is 2.30. The first-order valence-corrected chi connectivity index (χ1v) is 6.92. The van der Waals surface area contributed by atoms with Crippen LogP contribution in [0.25, 0.3) is 0 Å². The summed E-state index contributed by atoms with van der Waals surface area (Å²) in [6.45, 7) is 5.53. The first kappa shape index (κ1) is 14.4. The lowest BCUT2D eigenvalue weighted by Crippen LogP contribution is -2.36. The molecule has 0 aromatic heterocycles. The Bertz CT molecular complexity index is 553. The second-order valence-corrected chi connectivity index (χ2v) is 6.08. The summed E-state index contributed by atoms with van der Waals surface area (Å²) in [6.07, 6.45) is 2.33. The summed E-state index contributed by atoms with van der Waals surface area (Å²) < 4.78 is 5.30. The molecule has 0 heterocycles. The van der Waals surface area contributed by atoms with Crippen LogP contribution in [0.1, 0.15) is 56.3 Å². The van der Waals surface area contributed by atoms with E-state index in [1.807, 2.05) is 39.0 Å². The Morgan fingerprint density at radius 3 is 2.85 bits per heavy atom. The number of alkyl carbamates (subject to hydrolysis) is 1. The fourth-order valence-electron chi connectivity index (χ4n) is 2.55. The Labute approximate surface area is 119 Å². The highest BCUT2D eigenvalue weighted by Crippen LogP contribution is 2.31. The minimum absolute atomic E-state index is 0.0677. The van der Waals surface area contributed by atoms with E-state index in [2.05, 4.69) is 11.4 Å². The average Bonchev–Trinajstić information content (AvgIpc) is 2.36. The fraction of sp³-hybridized carbons (Fsp3) is 0.500. The largest absolute Gasteiger partial charge is 0.444 e. The summed E-state index contributed by atoms with van der Waals surface area (Å²) in [5, 5.41) is 12.1.